The molecule has 0 radical (unpaired) electrons. The number of hydrogen-bond acceptors (Lipinski definition) is 6. The Bertz CT molecular complexity index is 1270. The molecule has 1 aromatic heterocycles. The zero-order chi connectivity index (χ0) is 26.4. The molecular weight excluding hydrogens is 478 g/mol. The van der Waals surface area contributed by atoms with Gasteiger partial charge in [-0.15, -0.1) is 0 Å². The predicted molar refractivity (Wildman–Crippen MR) is 147 cm³/mol. The molecule has 3 heterocycles. The summed E-state index contributed by atoms with van der Waals surface area (Å²) < 4.78 is 5.95. The average molecular weight is 516 g/mol. The lowest BCUT2D eigenvalue weighted by molar-refractivity contribution is -0.138. The highest BCUT2D eigenvalue weighted by Gasteiger charge is 2.41. The van der Waals surface area contributed by atoms with E-state index in [0.717, 1.165) is 74.1 Å². The molecule has 1 atom stereocenters. The second-order valence-corrected chi connectivity index (χ2v) is 10.6. The minimum absolute atomic E-state index is 0.00295. The summed E-state index contributed by atoms with van der Waals surface area (Å²) in [4.78, 5) is 38.0. The van der Waals surface area contributed by atoms with Crippen molar-refractivity contribution in [1.29, 1.82) is 0 Å². The van der Waals surface area contributed by atoms with Crippen LogP contribution in [-0.2, 0) is 22.6 Å². The Kier molecular flexibility index (Phi) is 8.17. The number of likely N-dealkylation sites (tertiary alicyclic amines) is 1. The molecule has 2 amide bonds. The quantitative estimate of drug-likeness (QED) is 0.541. The van der Waals surface area contributed by atoms with Crippen molar-refractivity contribution in [3.63, 3.8) is 0 Å². The third kappa shape index (κ3) is 6.13. The molecule has 200 valence electrons. The molecule has 38 heavy (non-hydrogen) atoms. The van der Waals surface area contributed by atoms with Crippen molar-refractivity contribution in [2.75, 3.05) is 26.2 Å². The van der Waals surface area contributed by atoms with Crippen LogP contribution in [0.5, 0.6) is 5.75 Å². The smallest absolute Gasteiger partial charge is 0.242 e. The Hall–Kier alpha value is -3.52. The number of aryl methyl sites for hydroxylation is 1. The molecule has 8 heteroatoms. The van der Waals surface area contributed by atoms with E-state index in [4.69, 9.17) is 9.72 Å². The predicted octanol–water partition coefficient (Wildman–Crippen LogP) is 3.64. The van der Waals surface area contributed by atoms with Crippen molar-refractivity contribution in [2.45, 2.75) is 58.0 Å². The van der Waals surface area contributed by atoms with Crippen LogP contribution in [0.4, 0.5) is 0 Å². The minimum Gasteiger partial charge on any atom is -0.491 e. The zero-order valence-corrected chi connectivity index (χ0v) is 22.1. The fourth-order valence-electron chi connectivity index (χ4n) is 5.56. The maximum Gasteiger partial charge on any atom is 0.242 e. The van der Waals surface area contributed by atoms with Crippen molar-refractivity contribution >= 4 is 22.8 Å². The summed E-state index contributed by atoms with van der Waals surface area (Å²) in [6.07, 6.45) is 7.01. The molecule has 2 aliphatic heterocycles. The third-order valence-electron chi connectivity index (χ3n) is 7.90. The van der Waals surface area contributed by atoms with Gasteiger partial charge in [-0.1, -0.05) is 36.8 Å². The van der Waals surface area contributed by atoms with Crippen LogP contribution in [-0.4, -0.2) is 59.0 Å². The first-order valence-corrected chi connectivity index (χ1v) is 13.7. The topological polar surface area (TPSA) is 96.5 Å². The van der Waals surface area contributed by atoms with Gasteiger partial charge in [0.2, 0.25) is 11.8 Å². The maximum atomic E-state index is 13.6. The molecule has 1 saturated heterocycles. The van der Waals surface area contributed by atoms with Crippen LogP contribution in [0.3, 0.4) is 0 Å². The molecule has 5 rings (SSSR count). The summed E-state index contributed by atoms with van der Waals surface area (Å²) in [5.74, 6) is 0.683. The number of nitrogens with zero attached hydrogens (tertiary/aromatic N) is 3. The first kappa shape index (κ1) is 26.1. The minimum atomic E-state index is -0.595. The van der Waals surface area contributed by atoms with E-state index in [-0.39, 0.29) is 11.8 Å². The summed E-state index contributed by atoms with van der Waals surface area (Å²) in [5, 5.41) is 5.92. The number of ether oxygens (including phenoxy) is 1. The summed E-state index contributed by atoms with van der Waals surface area (Å²) in [7, 11) is 0. The Balaban J connectivity index is 1.27. The Morgan fingerprint density at radius 3 is 2.61 bits per heavy atom. The number of aromatic nitrogens is 2. The van der Waals surface area contributed by atoms with Gasteiger partial charge in [-0.3, -0.25) is 19.5 Å². The number of benzene rings is 2. The van der Waals surface area contributed by atoms with Gasteiger partial charge in [-0.2, -0.15) is 0 Å². The monoisotopic (exact) mass is 515 g/mol. The standard InChI is InChI=1S/C30H37N5O3/c1-22-28(36)31-16-19-38-27-12-5-2-8-23(27)9-6-7-13-30(29(37)33-22)14-17-35(18-15-30)21-24-20-32-25-10-3-4-11-26(25)34-24/h2-5,8,10-12,20,22H,6-7,9,13-19,21H2,1H3,(H,31,36)(H,33,37)/t22-/m0/s1. The van der Waals surface area contributed by atoms with Gasteiger partial charge in [0.15, 0.2) is 0 Å². The van der Waals surface area contributed by atoms with Gasteiger partial charge in [-0.05, 0) is 75.9 Å². The lowest BCUT2D eigenvalue weighted by atomic mass is 9.73. The molecule has 2 N–H and O–H groups in total. The molecule has 1 fully saturated rings. The number of piperidine rings is 1. The van der Waals surface area contributed by atoms with Crippen LogP contribution in [0.15, 0.2) is 54.7 Å². The number of amides is 2. The molecule has 0 aliphatic carbocycles. The van der Waals surface area contributed by atoms with Crippen molar-refractivity contribution in [3.05, 3.63) is 66.0 Å². The Morgan fingerprint density at radius 1 is 1.00 bits per heavy atom. The molecule has 3 aromatic rings. The van der Waals surface area contributed by atoms with Crippen molar-refractivity contribution in [2.24, 2.45) is 5.41 Å². The third-order valence-corrected chi connectivity index (χ3v) is 7.90. The zero-order valence-electron chi connectivity index (χ0n) is 22.1. The molecule has 0 unspecified atom stereocenters. The van der Waals surface area contributed by atoms with Gasteiger partial charge >= 0.3 is 0 Å². The molecule has 2 aliphatic rings. The first-order chi connectivity index (χ1) is 18.5. The van der Waals surface area contributed by atoms with Crippen molar-refractivity contribution in [1.82, 2.24) is 25.5 Å². The molecule has 2 aromatic carbocycles. The Labute approximate surface area is 224 Å². The molecule has 1 spiro atoms. The number of fused-ring (bicyclic) bond motifs is 2. The second kappa shape index (κ2) is 11.9. The van der Waals surface area contributed by atoms with E-state index in [1.807, 2.05) is 48.7 Å². The van der Waals surface area contributed by atoms with Crippen LogP contribution in [0.1, 0.15) is 50.3 Å². The van der Waals surface area contributed by atoms with Gasteiger partial charge in [0, 0.05) is 6.54 Å². The highest BCUT2D eigenvalue weighted by Crippen LogP contribution is 2.38. The SMILES string of the molecule is C[C@@H]1NC(=O)C2(CCCCc3ccccc3OCCNC1=O)CCN(Cc1cnc3ccccc3n1)CC2. The van der Waals surface area contributed by atoms with Gasteiger partial charge in [-0.25, -0.2) is 4.98 Å². The van der Waals surface area contributed by atoms with E-state index >= 15 is 0 Å². The highest BCUT2D eigenvalue weighted by atomic mass is 16.5. The van der Waals surface area contributed by atoms with E-state index < -0.39 is 11.5 Å². The van der Waals surface area contributed by atoms with Gasteiger partial charge < -0.3 is 15.4 Å². The van der Waals surface area contributed by atoms with E-state index in [1.54, 1.807) is 6.92 Å². The summed E-state index contributed by atoms with van der Waals surface area (Å²) >= 11 is 0. The second-order valence-electron chi connectivity index (χ2n) is 10.6. The number of hydrogen-bond donors (Lipinski definition) is 2. The van der Waals surface area contributed by atoms with E-state index in [0.29, 0.717) is 19.7 Å². The molecule has 8 nitrogen and oxygen atoms in total. The van der Waals surface area contributed by atoms with E-state index in [9.17, 15) is 9.59 Å². The van der Waals surface area contributed by atoms with Gasteiger partial charge in [0.05, 0.1) is 34.9 Å². The van der Waals surface area contributed by atoms with Crippen LogP contribution in [0, 0.1) is 5.41 Å². The van der Waals surface area contributed by atoms with Gasteiger partial charge in [0.1, 0.15) is 18.4 Å². The number of carbonyl (C=O) groups is 2. The number of rotatable bonds is 2. The van der Waals surface area contributed by atoms with Crippen LogP contribution in [0.2, 0.25) is 0 Å². The van der Waals surface area contributed by atoms with E-state index in [1.165, 1.54) is 5.56 Å². The first-order valence-electron chi connectivity index (χ1n) is 13.7. The maximum absolute atomic E-state index is 13.6. The normalized spacial score (nSPS) is 21.4. The summed E-state index contributed by atoms with van der Waals surface area (Å²) in [5.41, 5.74) is 3.44. The number of para-hydroxylation sites is 3. The molecule has 0 bridgehead atoms. The van der Waals surface area contributed by atoms with Crippen LogP contribution in [0.25, 0.3) is 11.0 Å². The van der Waals surface area contributed by atoms with Crippen molar-refractivity contribution in [3.8, 4) is 5.75 Å². The van der Waals surface area contributed by atoms with Gasteiger partial charge in [0.25, 0.3) is 0 Å². The van der Waals surface area contributed by atoms with Crippen LogP contribution < -0.4 is 15.4 Å². The van der Waals surface area contributed by atoms with Crippen molar-refractivity contribution < 1.29 is 14.3 Å². The highest BCUT2D eigenvalue weighted by molar-refractivity contribution is 5.90. The van der Waals surface area contributed by atoms with E-state index in [2.05, 4.69) is 26.6 Å². The number of carbonyl (C=O) groups excluding carboxylic acids is 2. The lowest BCUT2D eigenvalue weighted by Gasteiger charge is -2.41. The average Bonchev–Trinajstić information content (AvgIpc) is 2.94. The molecular formula is C30H37N5O3. The summed E-state index contributed by atoms with van der Waals surface area (Å²) in [6.45, 7) is 4.86. The fourth-order valence-corrected chi connectivity index (χ4v) is 5.56. The fraction of sp³-hybridized carbons (Fsp3) is 0.467. The molecule has 0 saturated carbocycles. The number of nitrogens with one attached hydrogen (secondary N) is 2. The summed E-state index contributed by atoms with van der Waals surface area (Å²) in [6, 6.07) is 15.4. The van der Waals surface area contributed by atoms with Crippen LogP contribution >= 0.6 is 0 Å². The Morgan fingerprint density at radius 2 is 1.76 bits per heavy atom. The largest absolute Gasteiger partial charge is 0.491 e. The lowest BCUT2D eigenvalue weighted by Crippen LogP contribution is -2.53.